The Balaban J connectivity index is 1.96. The second-order valence-corrected chi connectivity index (χ2v) is 6.73. The Morgan fingerprint density at radius 3 is 2.13 bits per heavy atom. The third-order valence-electron chi connectivity index (χ3n) is 4.53. The number of nitrogens with zero attached hydrogens (tertiary/aromatic N) is 1. The van der Waals surface area contributed by atoms with E-state index in [1.165, 1.54) is 6.07 Å². The van der Waals surface area contributed by atoms with Gasteiger partial charge in [-0.1, -0.05) is 18.2 Å². The van der Waals surface area contributed by atoms with Gasteiger partial charge in [0.15, 0.2) is 0 Å². The Kier molecular flexibility index (Phi) is 3.50. The number of aromatic nitrogens is 1. The van der Waals surface area contributed by atoms with E-state index in [2.05, 4.69) is 4.98 Å². The van der Waals surface area contributed by atoms with Crippen LogP contribution in [0.3, 0.4) is 0 Å². The molecule has 0 N–H and O–H groups in total. The van der Waals surface area contributed by atoms with Crippen LogP contribution in [0.5, 0.6) is 0 Å². The van der Waals surface area contributed by atoms with Crippen molar-refractivity contribution in [1.82, 2.24) is 4.98 Å². The van der Waals surface area contributed by atoms with E-state index in [-0.39, 0.29) is 0 Å². The lowest BCUT2D eigenvalue weighted by molar-refractivity contribution is -0.140. The van der Waals surface area contributed by atoms with Crippen LogP contribution in [0.15, 0.2) is 30.3 Å². The summed E-state index contributed by atoms with van der Waals surface area (Å²) in [6.07, 6.45) is -4.45. The largest absolute Gasteiger partial charge is 0.494 e. The molecule has 3 rings (SSSR count). The summed E-state index contributed by atoms with van der Waals surface area (Å²) in [4.78, 5) is 3.66. The third kappa shape index (κ3) is 2.83. The van der Waals surface area contributed by atoms with Gasteiger partial charge in [-0.2, -0.15) is 13.2 Å². The first-order chi connectivity index (χ1) is 10.5. The van der Waals surface area contributed by atoms with Crippen LogP contribution in [0, 0.1) is 0 Å². The van der Waals surface area contributed by atoms with E-state index in [1.807, 2.05) is 27.7 Å². The first-order valence-electron chi connectivity index (χ1n) is 7.33. The highest BCUT2D eigenvalue weighted by atomic mass is 19.4. The maximum atomic E-state index is 12.7. The molecule has 0 bridgehead atoms. The highest BCUT2D eigenvalue weighted by molar-refractivity contribution is 6.62. The Labute approximate surface area is 132 Å². The minimum atomic E-state index is -4.45. The molecule has 1 aliphatic rings. The molecule has 0 unspecified atom stereocenters. The van der Waals surface area contributed by atoms with Crippen molar-refractivity contribution in [1.29, 1.82) is 0 Å². The minimum Gasteiger partial charge on any atom is -0.399 e. The van der Waals surface area contributed by atoms with Crippen molar-refractivity contribution in [3.8, 4) is 0 Å². The molecule has 0 saturated carbocycles. The summed E-state index contributed by atoms with van der Waals surface area (Å²) in [5, 5.41) is 0.616. The molecule has 0 atom stereocenters. The number of hydrogen-bond donors (Lipinski definition) is 0. The molecule has 23 heavy (non-hydrogen) atoms. The van der Waals surface area contributed by atoms with E-state index in [0.717, 1.165) is 11.5 Å². The molecular formula is C16H17BF3NO2. The van der Waals surface area contributed by atoms with Crippen molar-refractivity contribution >= 4 is 23.5 Å². The predicted octanol–water partition coefficient (Wildman–Crippen LogP) is 3.55. The Morgan fingerprint density at radius 1 is 0.957 bits per heavy atom. The van der Waals surface area contributed by atoms with Crippen LogP contribution in [0.1, 0.15) is 33.4 Å². The topological polar surface area (TPSA) is 31.4 Å². The number of pyridine rings is 1. The van der Waals surface area contributed by atoms with Gasteiger partial charge in [-0.25, -0.2) is 4.98 Å². The lowest BCUT2D eigenvalue weighted by atomic mass is 9.78. The van der Waals surface area contributed by atoms with E-state index in [9.17, 15) is 13.2 Å². The Morgan fingerprint density at radius 2 is 1.57 bits per heavy atom. The van der Waals surface area contributed by atoms with Crippen LogP contribution in [0.2, 0.25) is 0 Å². The molecule has 1 aromatic carbocycles. The molecule has 1 saturated heterocycles. The highest BCUT2D eigenvalue weighted by Gasteiger charge is 2.51. The lowest BCUT2D eigenvalue weighted by Crippen LogP contribution is -2.41. The van der Waals surface area contributed by atoms with Crippen LogP contribution in [0.25, 0.3) is 10.9 Å². The molecular weight excluding hydrogens is 306 g/mol. The number of fused-ring (bicyclic) bond motifs is 1. The minimum absolute atomic E-state index is 0.292. The first-order valence-corrected chi connectivity index (χ1v) is 7.33. The van der Waals surface area contributed by atoms with Crippen LogP contribution < -0.4 is 5.46 Å². The molecule has 0 radical (unpaired) electrons. The smallest absolute Gasteiger partial charge is 0.399 e. The van der Waals surface area contributed by atoms with Gasteiger partial charge in [0, 0.05) is 0 Å². The lowest BCUT2D eigenvalue weighted by Gasteiger charge is -2.32. The zero-order valence-electron chi connectivity index (χ0n) is 13.4. The van der Waals surface area contributed by atoms with E-state index in [0.29, 0.717) is 10.9 Å². The fourth-order valence-corrected chi connectivity index (χ4v) is 2.43. The zero-order valence-corrected chi connectivity index (χ0v) is 13.4. The average molecular weight is 323 g/mol. The van der Waals surface area contributed by atoms with Crippen LogP contribution in [-0.2, 0) is 15.5 Å². The molecule has 2 heterocycles. The maximum absolute atomic E-state index is 12.7. The van der Waals surface area contributed by atoms with Crippen molar-refractivity contribution in [2.45, 2.75) is 45.1 Å². The standard InChI is InChI=1S/C16H17BF3NO2/c1-14(2)15(3,4)23-17(22-14)11-6-7-12-10(9-11)5-8-13(21-12)16(18,19)20/h5-9H,1-4H3. The Bertz CT molecular complexity index is 743. The molecule has 122 valence electrons. The van der Waals surface area contributed by atoms with Crippen molar-refractivity contribution < 1.29 is 22.5 Å². The Hall–Kier alpha value is -1.60. The van der Waals surface area contributed by atoms with Gasteiger partial charge < -0.3 is 9.31 Å². The van der Waals surface area contributed by atoms with Crippen LogP contribution in [-0.4, -0.2) is 23.3 Å². The average Bonchev–Trinajstić information content (AvgIpc) is 2.65. The molecule has 7 heteroatoms. The fraction of sp³-hybridized carbons (Fsp3) is 0.438. The van der Waals surface area contributed by atoms with Crippen LogP contribution >= 0.6 is 0 Å². The molecule has 2 aromatic rings. The van der Waals surface area contributed by atoms with Gasteiger partial charge >= 0.3 is 13.3 Å². The summed E-state index contributed by atoms with van der Waals surface area (Å²) in [5.41, 5.74) is -0.776. The molecule has 1 aliphatic heterocycles. The number of benzene rings is 1. The molecule has 1 aromatic heterocycles. The van der Waals surface area contributed by atoms with Crippen molar-refractivity contribution in [2.75, 3.05) is 0 Å². The van der Waals surface area contributed by atoms with E-state index in [1.54, 1.807) is 18.2 Å². The quantitative estimate of drug-likeness (QED) is 0.752. The highest BCUT2D eigenvalue weighted by Crippen LogP contribution is 2.36. The predicted molar refractivity (Wildman–Crippen MR) is 82.5 cm³/mol. The normalized spacial score (nSPS) is 20.2. The second-order valence-electron chi connectivity index (χ2n) is 6.73. The van der Waals surface area contributed by atoms with E-state index < -0.39 is 30.2 Å². The summed E-state index contributed by atoms with van der Waals surface area (Å²) >= 11 is 0. The first kappa shape index (κ1) is 16.3. The van der Waals surface area contributed by atoms with E-state index in [4.69, 9.17) is 9.31 Å². The van der Waals surface area contributed by atoms with Gasteiger partial charge in [-0.05, 0) is 50.7 Å². The molecule has 0 amide bonds. The summed E-state index contributed by atoms with van der Waals surface area (Å²) in [7, 11) is -0.549. The fourth-order valence-electron chi connectivity index (χ4n) is 2.43. The van der Waals surface area contributed by atoms with Gasteiger partial charge in [-0.15, -0.1) is 0 Å². The van der Waals surface area contributed by atoms with Crippen molar-refractivity contribution in [3.05, 3.63) is 36.0 Å². The summed E-state index contributed by atoms with van der Waals surface area (Å²) in [5.74, 6) is 0. The molecule has 0 spiro atoms. The number of halogens is 3. The van der Waals surface area contributed by atoms with Gasteiger partial charge in [0.25, 0.3) is 0 Å². The SMILES string of the molecule is CC1(C)OB(c2ccc3nc(C(F)(F)F)ccc3c2)OC1(C)C. The van der Waals surface area contributed by atoms with Crippen molar-refractivity contribution in [2.24, 2.45) is 0 Å². The van der Waals surface area contributed by atoms with Crippen molar-refractivity contribution in [3.63, 3.8) is 0 Å². The van der Waals surface area contributed by atoms with Gasteiger partial charge in [-0.3, -0.25) is 0 Å². The third-order valence-corrected chi connectivity index (χ3v) is 4.53. The number of alkyl halides is 3. The summed E-state index contributed by atoms with van der Waals surface area (Å²) < 4.78 is 50.0. The number of rotatable bonds is 1. The molecule has 0 aliphatic carbocycles. The summed E-state index contributed by atoms with van der Waals surface area (Å²) in [6, 6.07) is 7.41. The second kappa shape index (κ2) is 4.95. The zero-order chi connectivity index (χ0) is 17.0. The molecule has 3 nitrogen and oxygen atoms in total. The summed E-state index contributed by atoms with van der Waals surface area (Å²) in [6.45, 7) is 7.80. The maximum Gasteiger partial charge on any atom is 0.494 e. The van der Waals surface area contributed by atoms with Gasteiger partial charge in [0.05, 0.1) is 16.7 Å². The van der Waals surface area contributed by atoms with E-state index >= 15 is 0 Å². The van der Waals surface area contributed by atoms with Crippen LogP contribution in [0.4, 0.5) is 13.2 Å². The van der Waals surface area contributed by atoms with Gasteiger partial charge in [0.1, 0.15) is 5.69 Å². The molecule has 1 fully saturated rings. The monoisotopic (exact) mass is 323 g/mol. The van der Waals surface area contributed by atoms with Gasteiger partial charge in [0.2, 0.25) is 0 Å². The number of hydrogen-bond acceptors (Lipinski definition) is 3.